The maximum absolute atomic E-state index is 13.1. The largest absolute Gasteiger partial charge is 0.465 e. The van der Waals surface area contributed by atoms with Crippen molar-refractivity contribution < 1.29 is 22.7 Å². The van der Waals surface area contributed by atoms with E-state index in [9.17, 15) is 18.0 Å². The average molecular weight is 505 g/mol. The van der Waals surface area contributed by atoms with Gasteiger partial charge in [-0.3, -0.25) is 4.79 Å². The van der Waals surface area contributed by atoms with Crippen LogP contribution in [0, 0.1) is 5.92 Å². The molecule has 1 amide bonds. The van der Waals surface area contributed by atoms with E-state index in [1.807, 2.05) is 0 Å². The van der Waals surface area contributed by atoms with Gasteiger partial charge in [-0.25, -0.2) is 13.2 Å². The van der Waals surface area contributed by atoms with Gasteiger partial charge < -0.3 is 10.1 Å². The van der Waals surface area contributed by atoms with Gasteiger partial charge in [-0.05, 0) is 67.9 Å². The molecule has 1 heterocycles. The van der Waals surface area contributed by atoms with Crippen molar-refractivity contribution in [3.63, 3.8) is 0 Å². The summed E-state index contributed by atoms with van der Waals surface area (Å²) >= 11 is 1.42. The van der Waals surface area contributed by atoms with Gasteiger partial charge in [-0.1, -0.05) is 26.2 Å². The molecule has 2 aliphatic carbocycles. The summed E-state index contributed by atoms with van der Waals surface area (Å²) in [6.07, 6.45) is 7.65. The normalized spacial score (nSPS) is 19.0. The molecule has 2 aliphatic rings. The van der Waals surface area contributed by atoms with E-state index in [1.165, 1.54) is 47.0 Å². The topological polar surface area (TPSA) is 92.8 Å². The Morgan fingerprint density at radius 1 is 1.09 bits per heavy atom. The standard InChI is InChI=1S/C25H32N2O5S2/c1-16-9-14-20-21(15-16)33-24(22(20)25(29)32-3)26-23(28)17-10-12-19(13-11-17)34(30,31)27(2)18-7-5-4-6-8-18/h10-13,16,18H,4-9,14-15H2,1-3H3,(H,26,28). The monoisotopic (exact) mass is 504 g/mol. The lowest BCUT2D eigenvalue weighted by Crippen LogP contribution is -2.38. The molecule has 1 unspecified atom stereocenters. The maximum Gasteiger partial charge on any atom is 0.341 e. The fourth-order valence-corrected chi connectivity index (χ4v) is 7.73. The molecule has 1 fully saturated rings. The zero-order valence-corrected chi connectivity index (χ0v) is 21.6. The minimum atomic E-state index is -3.63. The molecule has 1 N–H and O–H groups in total. The van der Waals surface area contributed by atoms with Crippen LogP contribution in [0.25, 0.3) is 0 Å². The number of ether oxygens (including phenoxy) is 1. The molecule has 2 aromatic rings. The van der Waals surface area contributed by atoms with Gasteiger partial charge in [-0.15, -0.1) is 11.3 Å². The van der Waals surface area contributed by atoms with Crippen LogP contribution in [-0.4, -0.2) is 44.8 Å². The summed E-state index contributed by atoms with van der Waals surface area (Å²) in [6, 6.07) is 6.01. The number of carbonyl (C=O) groups is 2. The highest BCUT2D eigenvalue weighted by atomic mass is 32.2. The molecule has 1 atom stereocenters. The van der Waals surface area contributed by atoms with Crippen LogP contribution in [0.15, 0.2) is 29.2 Å². The number of methoxy groups -OCH3 is 1. The molecule has 34 heavy (non-hydrogen) atoms. The molecule has 1 aromatic carbocycles. The molecule has 9 heteroatoms. The molecule has 184 valence electrons. The first-order valence-electron chi connectivity index (χ1n) is 11.8. The summed E-state index contributed by atoms with van der Waals surface area (Å²) in [5.41, 5.74) is 1.74. The summed E-state index contributed by atoms with van der Waals surface area (Å²) in [4.78, 5) is 26.7. The van der Waals surface area contributed by atoms with E-state index in [-0.39, 0.29) is 16.8 Å². The van der Waals surface area contributed by atoms with Crippen LogP contribution in [-0.2, 0) is 27.6 Å². The number of hydrogen-bond acceptors (Lipinski definition) is 6. The number of nitrogens with one attached hydrogen (secondary N) is 1. The molecule has 4 rings (SSSR count). The highest BCUT2D eigenvalue weighted by Crippen LogP contribution is 2.40. The smallest absolute Gasteiger partial charge is 0.341 e. The Balaban J connectivity index is 1.53. The van der Waals surface area contributed by atoms with Crippen molar-refractivity contribution in [2.45, 2.75) is 69.2 Å². The molecule has 0 saturated heterocycles. The minimum absolute atomic E-state index is 0.0195. The van der Waals surface area contributed by atoms with E-state index in [4.69, 9.17) is 4.74 Å². The highest BCUT2D eigenvalue weighted by Gasteiger charge is 2.30. The first-order valence-corrected chi connectivity index (χ1v) is 14.1. The third-order valence-electron chi connectivity index (χ3n) is 7.01. The number of thiophene rings is 1. The number of benzene rings is 1. The second-order valence-electron chi connectivity index (χ2n) is 9.34. The average Bonchev–Trinajstić information content (AvgIpc) is 3.20. The number of rotatable bonds is 6. The second-order valence-corrected chi connectivity index (χ2v) is 12.4. The molecular weight excluding hydrogens is 472 g/mol. The number of hydrogen-bond donors (Lipinski definition) is 1. The van der Waals surface area contributed by atoms with E-state index >= 15 is 0 Å². The summed E-state index contributed by atoms with van der Waals surface area (Å²) in [6.45, 7) is 2.18. The van der Waals surface area contributed by atoms with Gasteiger partial charge >= 0.3 is 5.97 Å². The van der Waals surface area contributed by atoms with Crippen LogP contribution in [0.3, 0.4) is 0 Å². The van der Waals surface area contributed by atoms with Gasteiger partial charge in [0.05, 0.1) is 17.6 Å². The molecular formula is C25H32N2O5S2. The molecule has 0 spiro atoms. The van der Waals surface area contributed by atoms with Gasteiger partial charge in [0.2, 0.25) is 10.0 Å². The lowest BCUT2D eigenvalue weighted by molar-refractivity contribution is 0.0600. The van der Waals surface area contributed by atoms with Crippen molar-refractivity contribution in [2.75, 3.05) is 19.5 Å². The molecule has 0 bridgehead atoms. The van der Waals surface area contributed by atoms with Crippen LogP contribution in [0.5, 0.6) is 0 Å². The van der Waals surface area contributed by atoms with Crippen LogP contribution < -0.4 is 5.32 Å². The fraction of sp³-hybridized carbons (Fsp3) is 0.520. The van der Waals surface area contributed by atoms with Crippen molar-refractivity contribution in [1.82, 2.24) is 4.31 Å². The first-order chi connectivity index (χ1) is 16.2. The molecule has 7 nitrogen and oxygen atoms in total. The Labute approximate surface area is 205 Å². The van der Waals surface area contributed by atoms with E-state index < -0.39 is 16.0 Å². The summed E-state index contributed by atoms with van der Waals surface area (Å²) in [5.74, 6) is -0.308. The number of fused-ring (bicyclic) bond motifs is 1. The predicted molar refractivity (Wildman–Crippen MR) is 133 cm³/mol. The van der Waals surface area contributed by atoms with Crippen molar-refractivity contribution in [3.05, 3.63) is 45.8 Å². The number of carbonyl (C=O) groups excluding carboxylic acids is 2. The Kier molecular flexibility index (Phi) is 7.45. The van der Waals surface area contributed by atoms with E-state index in [0.717, 1.165) is 61.8 Å². The molecule has 1 aromatic heterocycles. The van der Waals surface area contributed by atoms with Crippen molar-refractivity contribution >= 4 is 38.2 Å². The minimum Gasteiger partial charge on any atom is -0.465 e. The second kappa shape index (κ2) is 10.2. The van der Waals surface area contributed by atoms with Crippen molar-refractivity contribution in [3.8, 4) is 0 Å². The summed E-state index contributed by atoms with van der Waals surface area (Å²) in [7, 11) is -0.647. The quantitative estimate of drug-likeness (QED) is 0.567. The number of sulfonamides is 1. The predicted octanol–water partition coefficient (Wildman–Crippen LogP) is 4.87. The molecule has 0 radical (unpaired) electrons. The van der Waals surface area contributed by atoms with Crippen LogP contribution >= 0.6 is 11.3 Å². The van der Waals surface area contributed by atoms with Crippen LogP contribution in [0.4, 0.5) is 5.00 Å². The third kappa shape index (κ3) is 4.92. The lowest BCUT2D eigenvalue weighted by atomic mass is 9.88. The Bertz CT molecular complexity index is 1160. The number of anilines is 1. The van der Waals surface area contributed by atoms with Crippen molar-refractivity contribution in [1.29, 1.82) is 0 Å². The molecule has 1 saturated carbocycles. The number of amides is 1. The Morgan fingerprint density at radius 2 is 1.76 bits per heavy atom. The van der Waals surface area contributed by atoms with E-state index in [0.29, 0.717) is 22.0 Å². The summed E-state index contributed by atoms with van der Waals surface area (Å²) in [5, 5.41) is 3.36. The van der Waals surface area contributed by atoms with Gasteiger partial charge in [0.15, 0.2) is 0 Å². The first kappa shape index (κ1) is 24.9. The van der Waals surface area contributed by atoms with Crippen LogP contribution in [0.1, 0.15) is 76.6 Å². The summed E-state index contributed by atoms with van der Waals surface area (Å²) < 4.78 is 32.6. The zero-order valence-electron chi connectivity index (χ0n) is 19.9. The van der Waals surface area contributed by atoms with Gasteiger partial charge in [0, 0.05) is 23.5 Å². The van der Waals surface area contributed by atoms with Gasteiger partial charge in [-0.2, -0.15) is 4.31 Å². The van der Waals surface area contributed by atoms with Crippen LogP contribution in [0.2, 0.25) is 0 Å². The van der Waals surface area contributed by atoms with E-state index in [1.54, 1.807) is 7.05 Å². The Morgan fingerprint density at radius 3 is 2.41 bits per heavy atom. The Hall–Kier alpha value is -2.23. The maximum atomic E-state index is 13.1. The molecule has 0 aliphatic heterocycles. The zero-order chi connectivity index (χ0) is 24.5. The van der Waals surface area contributed by atoms with Gasteiger partial charge in [0.1, 0.15) is 5.00 Å². The fourth-order valence-electron chi connectivity index (χ4n) is 4.92. The highest BCUT2D eigenvalue weighted by molar-refractivity contribution is 7.89. The SMILES string of the molecule is COC(=O)c1c(NC(=O)c2ccc(S(=O)(=O)N(C)C3CCCCC3)cc2)sc2c1CCC(C)C2. The number of nitrogens with zero attached hydrogens (tertiary/aromatic N) is 1. The van der Waals surface area contributed by atoms with Gasteiger partial charge in [0.25, 0.3) is 5.91 Å². The van der Waals surface area contributed by atoms with E-state index in [2.05, 4.69) is 12.2 Å². The third-order valence-corrected chi connectivity index (χ3v) is 10.1. The lowest BCUT2D eigenvalue weighted by Gasteiger charge is -2.30. The van der Waals surface area contributed by atoms with Crippen molar-refractivity contribution in [2.24, 2.45) is 5.92 Å². The number of esters is 1.